The van der Waals surface area contributed by atoms with Gasteiger partial charge in [-0.2, -0.15) is 0 Å². The number of carbonyl (C=O) groups is 1. The first-order valence-electron chi connectivity index (χ1n) is 12.6. The van der Waals surface area contributed by atoms with E-state index in [1.165, 1.54) is 50.2 Å². The first kappa shape index (κ1) is 23.5. The molecule has 0 spiro atoms. The van der Waals surface area contributed by atoms with Crippen molar-refractivity contribution in [3.8, 4) is 11.1 Å². The summed E-state index contributed by atoms with van der Waals surface area (Å²) in [6.07, 6.45) is 5.90. The van der Waals surface area contributed by atoms with E-state index in [1.807, 2.05) is 4.90 Å². The SMILES string of the molecule is CC(=O)N1c2ccc(-c3ccc(CN4CCCCC4)cc3)cc2C(Nc2ccc(F)cn2)CC1C. The summed E-state index contributed by atoms with van der Waals surface area (Å²) in [6, 6.07) is 18.2. The molecule has 2 aromatic carbocycles. The summed E-state index contributed by atoms with van der Waals surface area (Å²) in [5.41, 5.74) is 5.58. The molecule has 2 atom stereocenters. The third-order valence-corrected chi connectivity index (χ3v) is 7.21. The molecular weight excluding hydrogens is 439 g/mol. The Balaban J connectivity index is 1.43. The maximum atomic E-state index is 13.4. The van der Waals surface area contributed by atoms with Crippen molar-refractivity contribution < 1.29 is 9.18 Å². The Hall–Kier alpha value is -3.25. The standard InChI is InChI=1S/C29H33FN4O/c1-20-16-27(32-29-13-11-25(30)18-31-29)26-17-24(10-12-28(26)34(20)21(2)35)23-8-6-22(7-9-23)19-33-14-4-3-5-15-33/h6-13,17-18,20,27H,3-5,14-16,19H2,1-2H3,(H,31,32). The molecule has 3 heterocycles. The van der Waals surface area contributed by atoms with Crippen LogP contribution in [-0.4, -0.2) is 34.9 Å². The van der Waals surface area contributed by atoms with Crippen LogP contribution in [0.4, 0.5) is 15.9 Å². The number of pyridine rings is 1. The van der Waals surface area contributed by atoms with Crippen LogP contribution in [0.1, 0.15) is 56.7 Å². The normalized spacial score (nSPS) is 20.4. The minimum Gasteiger partial charge on any atom is -0.363 e. The molecule has 182 valence electrons. The fraction of sp³-hybridized carbons (Fsp3) is 0.379. The molecule has 1 aromatic heterocycles. The smallest absolute Gasteiger partial charge is 0.224 e. The second-order valence-electron chi connectivity index (χ2n) is 9.84. The van der Waals surface area contributed by atoms with Crippen molar-refractivity contribution in [2.45, 2.75) is 58.2 Å². The first-order valence-corrected chi connectivity index (χ1v) is 12.6. The number of nitrogens with one attached hydrogen (secondary N) is 1. The molecule has 0 radical (unpaired) electrons. The van der Waals surface area contributed by atoms with E-state index in [9.17, 15) is 9.18 Å². The molecule has 1 saturated heterocycles. The number of benzene rings is 2. The summed E-state index contributed by atoms with van der Waals surface area (Å²) >= 11 is 0. The van der Waals surface area contributed by atoms with Crippen molar-refractivity contribution in [1.82, 2.24) is 9.88 Å². The van der Waals surface area contributed by atoms with Crippen LogP contribution in [-0.2, 0) is 11.3 Å². The molecule has 35 heavy (non-hydrogen) atoms. The summed E-state index contributed by atoms with van der Waals surface area (Å²) in [4.78, 5) is 21.1. The van der Waals surface area contributed by atoms with Crippen LogP contribution in [0.2, 0.25) is 0 Å². The Kier molecular flexibility index (Phi) is 6.82. The van der Waals surface area contributed by atoms with Crippen molar-refractivity contribution in [2.75, 3.05) is 23.3 Å². The second kappa shape index (κ2) is 10.2. The van der Waals surface area contributed by atoms with Gasteiger partial charge in [-0.1, -0.05) is 36.8 Å². The number of anilines is 2. The molecule has 6 heteroatoms. The lowest BCUT2D eigenvalue weighted by molar-refractivity contribution is -0.117. The van der Waals surface area contributed by atoms with Gasteiger partial charge in [0, 0.05) is 25.2 Å². The summed E-state index contributed by atoms with van der Waals surface area (Å²) in [5, 5.41) is 3.47. The van der Waals surface area contributed by atoms with E-state index in [-0.39, 0.29) is 23.8 Å². The lowest BCUT2D eigenvalue weighted by Crippen LogP contribution is -2.43. The van der Waals surface area contributed by atoms with Gasteiger partial charge in [0.15, 0.2) is 0 Å². The van der Waals surface area contributed by atoms with Crippen molar-refractivity contribution in [3.05, 3.63) is 77.7 Å². The van der Waals surface area contributed by atoms with Gasteiger partial charge in [-0.3, -0.25) is 9.69 Å². The van der Waals surface area contributed by atoms with Crippen molar-refractivity contribution in [2.24, 2.45) is 0 Å². The number of fused-ring (bicyclic) bond motifs is 1. The van der Waals surface area contributed by atoms with Gasteiger partial charge in [-0.15, -0.1) is 0 Å². The van der Waals surface area contributed by atoms with Crippen LogP contribution in [0.3, 0.4) is 0 Å². The van der Waals surface area contributed by atoms with Crippen molar-refractivity contribution in [3.63, 3.8) is 0 Å². The molecule has 2 aliphatic heterocycles. The Morgan fingerprint density at radius 3 is 2.46 bits per heavy atom. The van der Waals surface area contributed by atoms with E-state index < -0.39 is 0 Å². The molecule has 2 unspecified atom stereocenters. The number of nitrogens with zero attached hydrogens (tertiary/aromatic N) is 3. The molecular formula is C29H33FN4O. The number of hydrogen-bond acceptors (Lipinski definition) is 4. The molecule has 0 bridgehead atoms. The van der Waals surface area contributed by atoms with Crippen LogP contribution >= 0.6 is 0 Å². The first-order chi connectivity index (χ1) is 17.0. The molecule has 5 rings (SSSR count). The zero-order valence-corrected chi connectivity index (χ0v) is 20.5. The molecule has 2 aliphatic rings. The molecule has 0 aliphatic carbocycles. The summed E-state index contributed by atoms with van der Waals surface area (Å²) in [5.74, 6) is 0.298. The van der Waals surface area contributed by atoms with Gasteiger partial charge in [-0.25, -0.2) is 9.37 Å². The summed E-state index contributed by atoms with van der Waals surface area (Å²) < 4.78 is 13.4. The van der Waals surface area contributed by atoms with Gasteiger partial charge < -0.3 is 10.2 Å². The number of piperidine rings is 1. The molecule has 1 N–H and O–H groups in total. The number of likely N-dealkylation sites (tertiary alicyclic amines) is 1. The predicted molar refractivity (Wildman–Crippen MR) is 139 cm³/mol. The minimum absolute atomic E-state index is 0.0342. The number of carbonyl (C=O) groups excluding carboxylic acids is 1. The van der Waals surface area contributed by atoms with Gasteiger partial charge >= 0.3 is 0 Å². The van der Waals surface area contributed by atoms with Gasteiger partial charge in [0.2, 0.25) is 5.91 Å². The highest BCUT2D eigenvalue weighted by atomic mass is 19.1. The van der Waals surface area contributed by atoms with Crippen LogP contribution in [0, 0.1) is 5.82 Å². The average molecular weight is 473 g/mol. The lowest BCUT2D eigenvalue weighted by Gasteiger charge is -2.39. The lowest BCUT2D eigenvalue weighted by atomic mass is 9.89. The van der Waals surface area contributed by atoms with Crippen LogP contribution in [0.5, 0.6) is 0 Å². The summed E-state index contributed by atoms with van der Waals surface area (Å²) in [7, 11) is 0. The number of rotatable bonds is 5. The Bertz CT molecular complexity index is 1170. The van der Waals surface area contributed by atoms with E-state index >= 15 is 0 Å². The maximum Gasteiger partial charge on any atom is 0.224 e. The number of amides is 1. The topological polar surface area (TPSA) is 48.5 Å². The largest absolute Gasteiger partial charge is 0.363 e. The van der Waals surface area contributed by atoms with Crippen molar-refractivity contribution >= 4 is 17.4 Å². The monoisotopic (exact) mass is 472 g/mol. The zero-order chi connectivity index (χ0) is 24.4. The van der Waals surface area contributed by atoms with E-state index in [4.69, 9.17) is 0 Å². The Morgan fingerprint density at radius 2 is 1.77 bits per heavy atom. The quantitative estimate of drug-likeness (QED) is 0.482. The molecule has 1 amide bonds. The van der Waals surface area contributed by atoms with E-state index in [0.717, 1.165) is 35.3 Å². The van der Waals surface area contributed by atoms with E-state index in [1.54, 1.807) is 13.0 Å². The maximum absolute atomic E-state index is 13.4. The van der Waals surface area contributed by atoms with E-state index in [0.29, 0.717) is 5.82 Å². The molecule has 0 saturated carbocycles. The van der Waals surface area contributed by atoms with Crippen LogP contribution < -0.4 is 10.2 Å². The highest BCUT2D eigenvalue weighted by Crippen LogP contribution is 2.41. The number of aromatic nitrogens is 1. The summed E-state index contributed by atoms with van der Waals surface area (Å²) in [6.45, 7) is 7.06. The minimum atomic E-state index is -0.360. The number of hydrogen-bond donors (Lipinski definition) is 1. The molecule has 3 aromatic rings. The molecule has 5 nitrogen and oxygen atoms in total. The average Bonchev–Trinajstić information content (AvgIpc) is 2.86. The third-order valence-electron chi connectivity index (χ3n) is 7.21. The van der Waals surface area contributed by atoms with Crippen LogP contribution in [0.15, 0.2) is 60.8 Å². The van der Waals surface area contributed by atoms with Crippen molar-refractivity contribution in [1.29, 1.82) is 0 Å². The third kappa shape index (κ3) is 5.22. The highest BCUT2D eigenvalue weighted by Gasteiger charge is 2.32. The van der Waals surface area contributed by atoms with Gasteiger partial charge in [0.05, 0.1) is 12.2 Å². The Labute approximate surface area is 207 Å². The highest BCUT2D eigenvalue weighted by molar-refractivity contribution is 5.94. The fourth-order valence-corrected chi connectivity index (χ4v) is 5.48. The van der Waals surface area contributed by atoms with Gasteiger partial charge in [0.1, 0.15) is 11.6 Å². The van der Waals surface area contributed by atoms with Gasteiger partial charge in [0.25, 0.3) is 0 Å². The molecule has 1 fully saturated rings. The van der Waals surface area contributed by atoms with Gasteiger partial charge in [-0.05, 0) is 85.8 Å². The Morgan fingerprint density at radius 1 is 1.03 bits per heavy atom. The fourth-order valence-electron chi connectivity index (χ4n) is 5.48. The predicted octanol–water partition coefficient (Wildman–Crippen LogP) is 6.17. The van der Waals surface area contributed by atoms with Crippen LogP contribution in [0.25, 0.3) is 11.1 Å². The second-order valence-corrected chi connectivity index (χ2v) is 9.84. The zero-order valence-electron chi connectivity index (χ0n) is 20.5. The van der Waals surface area contributed by atoms with E-state index in [2.05, 4.69) is 64.6 Å². The number of halogens is 1.